The largest absolute Gasteiger partial charge is 0.493 e. The molecular weight excluding hydrogens is 382 g/mol. The van der Waals surface area contributed by atoms with E-state index in [1.165, 1.54) is 13.2 Å². The summed E-state index contributed by atoms with van der Waals surface area (Å²) >= 11 is 5.66. The van der Waals surface area contributed by atoms with Crippen molar-refractivity contribution in [2.24, 2.45) is 0 Å². The van der Waals surface area contributed by atoms with Crippen molar-refractivity contribution in [1.82, 2.24) is 5.32 Å². The van der Waals surface area contributed by atoms with Crippen LogP contribution in [0.15, 0.2) is 24.3 Å². The van der Waals surface area contributed by atoms with Crippen LogP contribution in [-0.4, -0.2) is 44.1 Å². The molecule has 1 aliphatic carbocycles. The molecule has 1 aromatic rings. The van der Waals surface area contributed by atoms with Crippen LogP contribution in [0.5, 0.6) is 11.5 Å². The van der Waals surface area contributed by atoms with Crippen molar-refractivity contribution >= 4 is 29.6 Å². The van der Waals surface area contributed by atoms with E-state index in [4.69, 9.17) is 25.8 Å². The molecule has 0 aromatic heterocycles. The lowest BCUT2D eigenvalue weighted by Gasteiger charge is -2.34. The molecular formula is C21H28ClNO5. The van der Waals surface area contributed by atoms with Crippen LogP contribution in [-0.2, 0) is 14.3 Å². The molecule has 7 heteroatoms. The lowest BCUT2D eigenvalue weighted by molar-refractivity contribution is -0.152. The van der Waals surface area contributed by atoms with Crippen molar-refractivity contribution in [3.05, 3.63) is 29.8 Å². The summed E-state index contributed by atoms with van der Waals surface area (Å²) in [5.41, 5.74) is -0.140. The maximum absolute atomic E-state index is 12.4. The van der Waals surface area contributed by atoms with Gasteiger partial charge in [-0.25, -0.2) is 4.79 Å². The SMILES string of the molecule is COC(=O)C1(NC(=O)/C=C/c2ccc(OCCCCl)c(OC)c2)CCCCC1. The highest BCUT2D eigenvalue weighted by Crippen LogP contribution is 2.30. The minimum Gasteiger partial charge on any atom is -0.493 e. The van der Waals surface area contributed by atoms with Gasteiger partial charge in [0.05, 0.1) is 20.8 Å². The molecule has 0 aliphatic heterocycles. The van der Waals surface area contributed by atoms with Crippen molar-refractivity contribution < 1.29 is 23.8 Å². The minimum atomic E-state index is -0.924. The number of rotatable bonds is 9. The van der Waals surface area contributed by atoms with Gasteiger partial charge in [-0.05, 0) is 43.0 Å². The zero-order valence-electron chi connectivity index (χ0n) is 16.5. The van der Waals surface area contributed by atoms with E-state index in [-0.39, 0.29) is 11.9 Å². The fraction of sp³-hybridized carbons (Fsp3) is 0.524. The molecule has 1 aromatic carbocycles. The van der Waals surface area contributed by atoms with E-state index in [1.807, 2.05) is 6.07 Å². The summed E-state index contributed by atoms with van der Waals surface area (Å²) in [7, 11) is 2.91. The van der Waals surface area contributed by atoms with E-state index in [0.717, 1.165) is 31.2 Å². The predicted molar refractivity (Wildman–Crippen MR) is 109 cm³/mol. The van der Waals surface area contributed by atoms with Crippen LogP contribution in [0.25, 0.3) is 6.08 Å². The first-order valence-corrected chi connectivity index (χ1v) is 10.0. The molecule has 1 amide bonds. The van der Waals surface area contributed by atoms with Crippen LogP contribution in [0.1, 0.15) is 44.1 Å². The van der Waals surface area contributed by atoms with E-state index in [2.05, 4.69) is 5.32 Å². The highest BCUT2D eigenvalue weighted by molar-refractivity contribution is 6.17. The number of carbonyl (C=O) groups excluding carboxylic acids is 2. The maximum atomic E-state index is 12.4. The molecule has 28 heavy (non-hydrogen) atoms. The molecule has 0 spiro atoms. The first kappa shape index (κ1) is 22.1. The number of hydrogen-bond donors (Lipinski definition) is 1. The molecule has 2 rings (SSSR count). The molecule has 6 nitrogen and oxygen atoms in total. The summed E-state index contributed by atoms with van der Waals surface area (Å²) in [6.07, 6.45) is 7.88. The van der Waals surface area contributed by atoms with Crippen molar-refractivity contribution in [3.8, 4) is 11.5 Å². The third-order valence-corrected chi connectivity index (χ3v) is 5.06. The molecule has 1 saturated carbocycles. The van der Waals surface area contributed by atoms with Gasteiger partial charge < -0.3 is 19.5 Å². The van der Waals surface area contributed by atoms with E-state index in [1.54, 1.807) is 25.3 Å². The molecule has 0 bridgehead atoms. The molecule has 1 fully saturated rings. The van der Waals surface area contributed by atoms with Gasteiger partial charge in [-0.2, -0.15) is 0 Å². The second-order valence-electron chi connectivity index (χ2n) is 6.76. The van der Waals surface area contributed by atoms with Gasteiger partial charge in [0.25, 0.3) is 0 Å². The Labute approximate surface area is 171 Å². The third-order valence-electron chi connectivity index (χ3n) is 4.80. The monoisotopic (exact) mass is 409 g/mol. The quantitative estimate of drug-likeness (QED) is 0.291. The fourth-order valence-corrected chi connectivity index (χ4v) is 3.43. The average molecular weight is 410 g/mol. The number of hydrogen-bond acceptors (Lipinski definition) is 5. The van der Waals surface area contributed by atoms with E-state index < -0.39 is 5.54 Å². The lowest BCUT2D eigenvalue weighted by Crippen LogP contribution is -2.55. The van der Waals surface area contributed by atoms with Gasteiger partial charge in [0.15, 0.2) is 11.5 Å². The van der Waals surface area contributed by atoms with Crippen LogP contribution in [0, 0.1) is 0 Å². The van der Waals surface area contributed by atoms with Crippen molar-refractivity contribution in [1.29, 1.82) is 0 Å². The zero-order valence-corrected chi connectivity index (χ0v) is 17.2. The standard InChI is InChI=1S/C21H28ClNO5/c1-26-18-15-16(7-9-17(18)28-14-6-13-22)8-10-19(24)23-21(20(25)27-2)11-4-3-5-12-21/h7-10,15H,3-6,11-14H2,1-2H3,(H,23,24)/b10-8+. The maximum Gasteiger partial charge on any atom is 0.331 e. The van der Waals surface area contributed by atoms with Crippen LogP contribution in [0.4, 0.5) is 0 Å². The van der Waals surface area contributed by atoms with Crippen LogP contribution in [0.3, 0.4) is 0 Å². The number of methoxy groups -OCH3 is 2. The molecule has 0 unspecified atom stereocenters. The van der Waals surface area contributed by atoms with Crippen molar-refractivity contribution in [3.63, 3.8) is 0 Å². The van der Waals surface area contributed by atoms with Crippen LogP contribution < -0.4 is 14.8 Å². The first-order chi connectivity index (χ1) is 13.5. The first-order valence-electron chi connectivity index (χ1n) is 9.50. The van der Waals surface area contributed by atoms with E-state index in [9.17, 15) is 9.59 Å². The topological polar surface area (TPSA) is 73.9 Å². The summed E-state index contributed by atoms with van der Waals surface area (Å²) in [6.45, 7) is 0.507. The smallest absolute Gasteiger partial charge is 0.331 e. The Balaban J connectivity index is 2.05. The van der Waals surface area contributed by atoms with Crippen molar-refractivity contribution in [2.45, 2.75) is 44.1 Å². The van der Waals surface area contributed by atoms with Gasteiger partial charge in [-0.1, -0.05) is 25.3 Å². The Kier molecular flexibility index (Phi) is 8.64. The zero-order chi connectivity index (χ0) is 20.4. The Morgan fingerprint density at radius 2 is 1.93 bits per heavy atom. The van der Waals surface area contributed by atoms with Gasteiger partial charge in [0.2, 0.25) is 5.91 Å². The second-order valence-corrected chi connectivity index (χ2v) is 7.14. The molecule has 0 heterocycles. The van der Waals surface area contributed by atoms with Crippen LogP contribution in [0.2, 0.25) is 0 Å². The number of carbonyl (C=O) groups is 2. The summed E-state index contributed by atoms with van der Waals surface area (Å²) in [6, 6.07) is 5.41. The fourth-order valence-electron chi connectivity index (χ4n) is 3.32. The molecule has 1 N–H and O–H groups in total. The molecule has 1 aliphatic rings. The Bertz CT molecular complexity index is 698. The highest BCUT2D eigenvalue weighted by Gasteiger charge is 2.41. The van der Waals surface area contributed by atoms with E-state index >= 15 is 0 Å². The Hall–Kier alpha value is -2.21. The number of amides is 1. The minimum absolute atomic E-state index is 0.325. The predicted octanol–water partition coefficient (Wildman–Crippen LogP) is 3.71. The summed E-state index contributed by atoms with van der Waals surface area (Å²) < 4.78 is 15.9. The lowest BCUT2D eigenvalue weighted by atomic mass is 9.81. The van der Waals surface area contributed by atoms with E-state index in [0.29, 0.717) is 36.8 Å². The summed E-state index contributed by atoms with van der Waals surface area (Å²) in [4.78, 5) is 24.7. The summed E-state index contributed by atoms with van der Waals surface area (Å²) in [5.74, 6) is 1.03. The average Bonchev–Trinajstić information content (AvgIpc) is 2.73. The van der Waals surface area contributed by atoms with Crippen LogP contribution >= 0.6 is 11.6 Å². The second kappa shape index (κ2) is 11.0. The number of alkyl halides is 1. The number of benzene rings is 1. The van der Waals surface area contributed by atoms with Gasteiger partial charge in [-0.15, -0.1) is 11.6 Å². The number of halogens is 1. The number of esters is 1. The number of ether oxygens (including phenoxy) is 3. The Morgan fingerprint density at radius 1 is 1.18 bits per heavy atom. The molecule has 0 saturated heterocycles. The normalized spacial score (nSPS) is 15.8. The van der Waals surface area contributed by atoms with Gasteiger partial charge in [-0.3, -0.25) is 4.79 Å². The molecule has 0 atom stereocenters. The highest BCUT2D eigenvalue weighted by atomic mass is 35.5. The molecule has 154 valence electrons. The van der Waals surface area contributed by atoms with Gasteiger partial charge in [0.1, 0.15) is 5.54 Å². The van der Waals surface area contributed by atoms with Gasteiger partial charge in [0, 0.05) is 12.0 Å². The third kappa shape index (κ3) is 5.89. The summed E-state index contributed by atoms with van der Waals surface area (Å²) in [5, 5.41) is 2.86. The Morgan fingerprint density at radius 3 is 2.57 bits per heavy atom. The number of nitrogens with one attached hydrogen (secondary N) is 1. The van der Waals surface area contributed by atoms with Crippen molar-refractivity contribution in [2.75, 3.05) is 26.7 Å². The molecule has 0 radical (unpaired) electrons. The van der Waals surface area contributed by atoms with Gasteiger partial charge >= 0.3 is 5.97 Å².